The standard InChI is InChI=1S/C21H16Cl2N2O4/c1-2-28-21(27)14-5-3-13(4-6-14)19-10-8-16(29-19)12-24-25-20(26)17-9-7-15(22)11-18(17)23/h3-12H,2H2,1H3,(H,25,26). The van der Waals surface area contributed by atoms with E-state index in [1.807, 2.05) is 0 Å². The molecule has 0 saturated heterocycles. The monoisotopic (exact) mass is 430 g/mol. The van der Waals surface area contributed by atoms with E-state index < -0.39 is 5.91 Å². The summed E-state index contributed by atoms with van der Waals surface area (Å²) >= 11 is 11.8. The minimum absolute atomic E-state index is 0.233. The van der Waals surface area contributed by atoms with E-state index in [9.17, 15) is 9.59 Å². The zero-order valence-corrected chi connectivity index (χ0v) is 16.8. The van der Waals surface area contributed by atoms with Gasteiger partial charge in [0.15, 0.2) is 0 Å². The highest BCUT2D eigenvalue weighted by Gasteiger charge is 2.10. The van der Waals surface area contributed by atoms with Gasteiger partial charge in [0.25, 0.3) is 5.91 Å². The molecule has 0 spiro atoms. The predicted molar refractivity (Wildman–Crippen MR) is 112 cm³/mol. The van der Waals surface area contributed by atoms with E-state index in [0.29, 0.717) is 28.7 Å². The number of nitrogens with zero attached hydrogens (tertiary/aromatic N) is 1. The van der Waals surface area contributed by atoms with Gasteiger partial charge in [-0.3, -0.25) is 4.79 Å². The van der Waals surface area contributed by atoms with E-state index in [4.69, 9.17) is 32.4 Å². The molecule has 1 aromatic heterocycles. The lowest BCUT2D eigenvalue weighted by Gasteiger charge is -2.03. The summed E-state index contributed by atoms with van der Waals surface area (Å²) < 4.78 is 10.6. The van der Waals surface area contributed by atoms with Crippen LogP contribution in [0.2, 0.25) is 10.0 Å². The van der Waals surface area contributed by atoms with Gasteiger partial charge in [0, 0.05) is 10.6 Å². The summed E-state index contributed by atoms with van der Waals surface area (Å²) in [4.78, 5) is 23.8. The Labute approximate surface area is 177 Å². The van der Waals surface area contributed by atoms with Gasteiger partial charge >= 0.3 is 5.97 Å². The second kappa shape index (κ2) is 9.41. The van der Waals surface area contributed by atoms with E-state index in [1.165, 1.54) is 18.3 Å². The van der Waals surface area contributed by atoms with Crippen molar-refractivity contribution in [1.29, 1.82) is 0 Å². The second-order valence-corrected chi connectivity index (χ2v) is 6.67. The Balaban J connectivity index is 1.64. The number of halogens is 2. The van der Waals surface area contributed by atoms with Crippen LogP contribution in [0.4, 0.5) is 0 Å². The summed E-state index contributed by atoms with van der Waals surface area (Å²) in [5, 5.41) is 4.55. The summed E-state index contributed by atoms with van der Waals surface area (Å²) in [7, 11) is 0. The average Bonchev–Trinajstić information content (AvgIpc) is 3.17. The first-order valence-corrected chi connectivity index (χ1v) is 9.39. The zero-order chi connectivity index (χ0) is 20.8. The average molecular weight is 431 g/mol. The Morgan fingerprint density at radius 3 is 2.55 bits per heavy atom. The van der Waals surface area contributed by atoms with Crippen molar-refractivity contribution in [2.45, 2.75) is 6.92 Å². The lowest BCUT2D eigenvalue weighted by Crippen LogP contribution is -2.17. The smallest absolute Gasteiger partial charge is 0.338 e. The minimum Gasteiger partial charge on any atom is -0.462 e. The Morgan fingerprint density at radius 1 is 1.10 bits per heavy atom. The quantitative estimate of drug-likeness (QED) is 0.331. The number of carbonyl (C=O) groups excluding carboxylic acids is 2. The molecule has 1 heterocycles. The van der Waals surface area contributed by atoms with Gasteiger partial charge in [-0.15, -0.1) is 0 Å². The lowest BCUT2D eigenvalue weighted by molar-refractivity contribution is 0.0526. The van der Waals surface area contributed by atoms with Crippen molar-refractivity contribution in [1.82, 2.24) is 5.43 Å². The molecule has 3 rings (SSSR count). The Morgan fingerprint density at radius 2 is 1.86 bits per heavy atom. The van der Waals surface area contributed by atoms with Gasteiger partial charge in [0.2, 0.25) is 0 Å². The predicted octanol–water partition coefficient (Wildman–Crippen LogP) is 5.19. The normalized spacial score (nSPS) is 10.9. The fraction of sp³-hybridized carbons (Fsp3) is 0.0952. The third-order valence-electron chi connectivity index (χ3n) is 3.84. The van der Waals surface area contributed by atoms with E-state index in [-0.39, 0.29) is 16.6 Å². The maximum Gasteiger partial charge on any atom is 0.338 e. The van der Waals surface area contributed by atoms with Crippen LogP contribution in [-0.4, -0.2) is 24.7 Å². The number of carbonyl (C=O) groups is 2. The van der Waals surface area contributed by atoms with Crippen molar-refractivity contribution < 1.29 is 18.7 Å². The number of ether oxygens (including phenoxy) is 1. The maximum absolute atomic E-state index is 12.1. The topological polar surface area (TPSA) is 80.9 Å². The van der Waals surface area contributed by atoms with E-state index in [0.717, 1.165) is 5.56 Å². The third-order valence-corrected chi connectivity index (χ3v) is 4.39. The summed E-state index contributed by atoms with van der Waals surface area (Å²) in [6, 6.07) is 14.9. The number of amides is 1. The van der Waals surface area contributed by atoms with E-state index in [2.05, 4.69) is 10.5 Å². The molecule has 0 aliphatic heterocycles. The molecule has 3 aromatic rings. The zero-order valence-electron chi connectivity index (χ0n) is 15.3. The molecule has 0 saturated carbocycles. The molecule has 0 unspecified atom stereocenters. The molecule has 6 nitrogen and oxygen atoms in total. The van der Waals surface area contributed by atoms with Crippen LogP contribution in [0.25, 0.3) is 11.3 Å². The van der Waals surface area contributed by atoms with Crippen LogP contribution < -0.4 is 5.43 Å². The highest BCUT2D eigenvalue weighted by atomic mass is 35.5. The molecular weight excluding hydrogens is 415 g/mol. The first kappa shape index (κ1) is 20.6. The van der Waals surface area contributed by atoms with Crippen LogP contribution in [0.5, 0.6) is 0 Å². The number of esters is 1. The number of hydrogen-bond donors (Lipinski definition) is 1. The van der Waals surface area contributed by atoms with Crippen LogP contribution in [0.3, 0.4) is 0 Å². The highest BCUT2D eigenvalue weighted by Crippen LogP contribution is 2.23. The molecule has 0 aliphatic rings. The van der Waals surface area contributed by atoms with Crippen molar-refractivity contribution in [2.24, 2.45) is 5.10 Å². The molecule has 0 fully saturated rings. The molecule has 2 aromatic carbocycles. The van der Waals surface area contributed by atoms with Crippen molar-refractivity contribution in [3.05, 3.63) is 81.5 Å². The molecule has 148 valence electrons. The van der Waals surface area contributed by atoms with Gasteiger partial charge < -0.3 is 9.15 Å². The Bertz CT molecular complexity index is 1060. The molecule has 0 radical (unpaired) electrons. The molecule has 1 N–H and O–H groups in total. The second-order valence-electron chi connectivity index (χ2n) is 5.82. The fourth-order valence-electron chi connectivity index (χ4n) is 2.45. The van der Waals surface area contributed by atoms with Gasteiger partial charge in [-0.2, -0.15) is 5.10 Å². The van der Waals surface area contributed by atoms with Crippen molar-refractivity contribution in [3.8, 4) is 11.3 Å². The number of hydrogen-bond acceptors (Lipinski definition) is 5. The van der Waals surface area contributed by atoms with E-state index in [1.54, 1.807) is 49.4 Å². The molecule has 8 heteroatoms. The van der Waals surface area contributed by atoms with Crippen molar-refractivity contribution in [3.63, 3.8) is 0 Å². The molecule has 0 aliphatic carbocycles. The molecule has 0 atom stereocenters. The van der Waals surface area contributed by atoms with Crippen LogP contribution in [-0.2, 0) is 4.74 Å². The maximum atomic E-state index is 12.1. The van der Waals surface area contributed by atoms with Crippen LogP contribution in [0.1, 0.15) is 33.4 Å². The third kappa shape index (κ3) is 5.25. The summed E-state index contributed by atoms with van der Waals surface area (Å²) in [5.74, 6) is 0.193. The first-order chi connectivity index (χ1) is 14.0. The Hall–Kier alpha value is -3.09. The van der Waals surface area contributed by atoms with Gasteiger partial charge in [0.05, 0.1) is 29.0 Å². The minimum atomic E-state index is -0.468. The van der Waals surface area contributed by atoms with Crippen molar-refractivity contribution >= 4 is 41.3 Å². The van der Waals surface area contributed by atoms with Gasteiger partial charge in [-0.1, -0.05) is 35.3 Å². The number of furan rings is 1. The van der Waals surface area contributed by atoms with E-state index >= 15 is 0 Å². The fourth-order valence-corrected chi connectivity index (χ4v) is 2.95. The van der Waals surface area contributed by atoms with Gasteiger partial charge in [-0.25, -0.2) is 10.2 Å². The molecule has 1 amide bonds. The number of benzene rings is 2. The number of hydrazone groups is 1. The highest BCUT2D eigenvalue weighted by molar-refractivity contribution is 6.36. The summed E-state index contributed by atoms with van der Waals surface area (Å²) in [6.07, 6.45) is 1.37. The summed E-state index contributed by atoms with van der Waals surface area (Å²) in [5.41, 5.74) is 3.89. The Kier molecular flexibility index (Phi) is 6.69. The van der Waals surface area contributed by atoms with Crippen LogP contribution in [0, 0.1) is 0 Å². The van der Waals surface area contributed by atoms with Gasteiger partial charge in [0.1, 0.15) is 11.5 Å². The molecular formula is C21H16Cl2N2O4. The molecule has 29 heavy (non-hydrogen) atoms. The number of nitrogens with one attached hydrogen (secondary N) is 1. The van der Waals surface area contributed by atoms with Crippen molar-refractivity contribution in [2.75, 3.05) is 6.61 Å². The summed E-state index contributed by atoms with van der Waals surface area (Å²) in [6.45, 7) is 2.08. The largest absolute Gasteiger partial charge is 0.462 e. The van der Waals surface area contributed by atoms with Crippen LogP contribution in [0.15, 0.2) is 64.1 Å². The van der Waals surface area contributed by atoms with Crippen LogP contribution >= 0.6 is 23.2 Å². The van der Waals surface area contributed by atoms with Gasteiger partial charge in [-0.05, 0) is 49.4 Å². The first-order valence-electron chi connectivity index (χ1n) is 8.63. The SMILES string of the molecule is CCOC(=O)c1ccc(-c2ccc(C=NNC(=O)c3ccc(Cl)cc3Cl)o2)cc1. The number of rotatable bonds is 6. The lowest BCUT2D eigenvalue weighted by atomic mass is 10.1. The molecule has 0 bridgehead atoms.